The molecule has 0 saturated heterocycles. The zero-order chi connectivity index (χ0) is 17.0. The van der Waals surface area contributed by atoms with Gasteiger partial charge in [-0.3, -0.25) is 9.52 Å². The molecule has 6 nitrogen and oxygen atoms in total. The molecule has 23 heavy (non-hydrogen) atoms. The summed E-state index contributed by atoms with van der Waals surface area (Å²) in [7, 11) is -2.37. The molecule has 0 radical (unpaired) electrons. The summed E-state index contributed by atoms with van der Waals surface area (Å²) in [6.45, 7) is 1.33. The van der Waals surface area contributed by atoms with Gasteiger partial charge >= 0.3 is 0 Å². The molecule has 0 saturated carbocycles. The van der Waals surface area contributed by atoms with Crippen LogP contribution in [0.2, 0.25) is 0 Å². The van der Waals surface area contributed by atoms with Gasteiger partial charge in [0.25, 0.3) is 10.0 Å². The lowest BCUT2D eigenvalue weighted by Gasteiger charge is -2.13. The van der Waals surface area contributed by atoms with Crippen LogP contribution in [-0.2, 0) is 14.8 Å². The number of para-hydroxylation sites is 1. The van der Waals surface area contributed by atoms with Crippen molar-refractivity contribution in [3.05, 3.63) is 46.9 Å². The molecular weight excluding hydrogens is 384 g/mol. The van der Waals surface area contributed by atoms with Crippen molar-refractivity contribution in [1.82, 2.24) is 0 Å². The average Bonchev–Trinajstić information content (AvgIpc) is 2.49. The highest BCUT2D eigenvalue weighted by molar-refractivity contribution is 9.10. The fourth-order valence-corrected chi connectivity index (χ4v) is 3.51. The van der Waals surface area contributed by atoms with E-state index in [4.69, 9.17) is 4.74 Å². The summed E-state index contributed by atoms with van der Waals surface area (Å²) in [6.07, 6.45) is 0. The lowest BCUT2D eigenvalue weighted by molar-refractivity contribution is -0.114. The standard InChI is InChI=1S/C15H15BrN2O4S/c1-10(19)17-14-9-11(7-8-15(14)22-2)23(20,21)18-13-6-4-3-5-12(13)16/h3-9,18H,1-2H3,(H,17,19). The maximum atomic E-state index is 12.5. The van der Waals surface area contributed by atoms with Gasteiger partial charge in [-0.2, -0.15) is 0 Å². The van der Waals surface area contributed by atoms with Crippen molar-refractivity contribution in [3.8, 4) is 5.75 Å². The summed E-state index contributed by atoms with van der Waals surface area (Å²) >= 11 is 3.29. The lowest BCUT2D eigenvalue weighted by atomic mass is 10.3. The lowest BCUT2D eigenvalue weighted by Crippen LogP contribution is -2.14. The fraction of sp³-hybridized carbons (Fsp3) is 0.133. The van der Waals surface area contributed by atoms with E-state index in [0.29, 0.717) is 15.9 Å². The predicted molar refractivity (Wildman–Crippen MR) is 92.2 cm³/mol. The van der Waals surface area contributed by atoms with Gasteiger partial charge in [-0.05, 0) is 46.3 Å². The van der Waals surface area contributed by atoms with E-state index in [1.807, 2.05) is 0 Å². The fourth-order valence-electron chi connectivity index (χ4n) is 1.89. The van der Waals surface area contributed by atoms with Gasteiger partial charge in [-0.1, -0.05) is 12.1 Å². The van der Waals surface area contributed by atoms with E-state index in [0.717, 1.165) is 0 Å². The van der Waals surface area contributed by atoms with Gasteiger partial charge in [0.1, 0.15) is 5.75 Å². The van der Waals surface area contributed by atoms with Crippen LogP contribution in [0.5, 0.6) is 5.75 Å². The van der Waals surface area contributed by atoms with Crippen molar-refractivity contribution >= 4 is 43.2 Å². The Kier molecular flexibility index (Phi) is 5.27. The van der Waals surface area contributed by atoms with Crippen LogP contribution < -0.4 is 14.8 Å². The Morgan fingerprint density at radius 1 is 1.13 bits per heavy atom. The van der Waals surface area contributed by atoms with Crippen LogP contribution >= 0.6 is 15.9 Å². The summed E-state index contributed by atoms with van der Waals surface area (Å²) in [6, 6.07) is 11.1. The first-order valence-corrected chi connectivity index (χ1v) is 8.84. The number of sulfonamides is 1. The first-order valence-electron chi connectivity index (χ1n) is 6.56. The Balaban J connectivity index is 2.40. The highest BCUT2D eigenvalue weighted by Crippen LogP contribution is 2.29. The minimum atomic E-state index is -3.81. The topological polar surface area (TPSA) is 84.5 Å². The van der Waals surface area contributed by atoms with E-state index in [1.54, 1.807) is 24.3 Å². The van der Waals surface area contributed by atoms with Crippen LogP contribution in [0.15, 0.2) is 51.8 Å². The third-order valence-electron chi connectivity index (χ3n) is 2.91. The van der Waals surface area contributed by atoms with Crippen molar-refractivity contribution in [3.63, 3.8) is 0 Å². The maximum Gasteiger partial charge on any atom is 0.262 e. The van der Waals surface area contributed by atoms with Crippen molar-refractivity contribution in [1.29, 1.82) is 0 Å². The van der Waals surface area contributed by atoms with Crippen molar-refractivity contribution in [2.75, 3.05) is 17.1 Å². The molecule has 2 N–H and O–H groups in total. The average molecular weight is 399 g/mol. The van der Waals surface area contributed by atoms with Gasteiger partial charge in [0.15, 0.2) is 0 Å². The number of anilines is 2. The molecule has 0 bridgehead atoms. The first kappa shape index (κ1) is 17.3. The Labute approximate surface area is 143 Å². The van der Waals surface area contributed by atoms with Crippen molar-refractivity contribution in [2.24, 2.45) is 0 Å². The number of halogens is 1. The van der Waals surface area contributed by atoms with Gasteiger partial charge in [0, 0.05) is 11.4 Å². The molecule has 0 unspecified atom stereocenters. The van der Waals surface area contributed by atoms with E-state index < -0.39 is 10.0 Å². The van der Waals surface area contributed by atoms with E-state index >= 15 is 0 Å². The molecule has 0 heterocycles. The second-order valence-corrected chi connectivity index (χ2v) is 7.17. The highest BCUT2D eigenvalue weighted by Gasteiger charge is 2.18. The van der Waals surface area contributed by atoms with Crippen LogP contribution in [0.1, 0.15) is 6.92 Å². The monoisotopic (exact) mass is 398 g/mol. The zero-order valence-electron chi connectivity index (χ0n) is 12.5. The molecular formula is C15H15BrN2O4S. The number of hydrogen-bond acceptors (Lipinski definition) is 4. The van der Waals surface area contributed by atoms with Crippen LogP contribution in [0, 0.1) is 0 Å². The number of ether oxygens (including phenoxy) is 1. The van der Waals surface area contributed by atoms with Crippen molar-refractivity contribution < 1.29 is 17.9 Å². The number of amides is 1. The molecule has 122 valence electrons. The Hall–Kier alpha value is -2.06. The Morgan fingerprint density at radius 2 is 1.83 bits per heavy atom. The minimum Gasteiger partial charge on any atom is -0.495 e. The number of carbonyl (C=O) groups excluding carboxylic acids is 1. The van der Waals surface area contributed by atoms with E-state index in [1.165, 1.54) is 32.2 Å². The maximum absolute atomic E-state index is 12.5. The Bertz CT molecular complexity index is 837. The summed E-state index contributed by atoms with van der Waals surface area (Å²) in [4.78, 5) is 11.3. The number of benzene rings is 2. The molecule has 0 aliphatic rings. The molecule has 8 heteroatoms. The third kappa shape index (κ3) is 4.23. The largest absolute Gasteiger partial charge is 0.495 e. The minimum absolute atomic E-state index is 0.0119. The Morgan fingerprint density at radius 3 is 2.43 bits per heavy atom. The van der Waals surface area contributed by atoms with Crippen LogP contribution in [0.3, 0.4) is 0 Å². The molecule has 0 aliphatic carbocycles. The van der Waals surface area contributed by atoms with Gasteiger partial charge in [-0.15, -0.1) is 0 Å². The summed E-state index contributed by atoms with van der Waals surface area (Å²) in [5.41, 5.74) is 0.708. The highest BCUT2D eigenvalue weighted by atomic mass is 79.9. The van der Waals surface area contributed by atoms with Gasteiger partial charge in [-0.25, -0.2) is 8.42 Å². The number of rotatable bonds is 5. The van der Waals surface area contributed by atoms with E-state index in [-0.39, 0.29) is 16.5 Å². The van der Waals surface area contributed by atoms with Gasteiger partial charge < -0.3 is 10.1 Å². The number of methoxy groups -OCH3 is 1. The SMILES string of the molecule is COc1ccc(S(=O)(=O)Nc2ccccc2Br)cc1NC(C)=O. The molecule has 2 aromatic carbocycles. The zero-order valence-corrected chi connectivity index (χ0v) is 14.9. The number of hydrogen-bond donors (Lipinski definition) is 2. The second kappa shape index (κ2) is 7.01. The molecule has 2 aromatic rings. The predicted octanol–water partition coefficient (Wildman–Crippen LogP) is 3.22. The second-order valence-electron chi connectivity index (χ2n) is 4.63. The summed E-state index contributed by atoms with van der Waals surface area (Å²) in [5, 5.41) is 2.55. The van der Waals surface area contributed by atoms with Gasteiger partial charge in [0.2, 0.25) is 5.91 Å². The first-order chi connectivity index (χ1) is 10.8. The third-order valence-corrected chi connectivity index (χ3v) is 4.96. The van der Waals surface area contributed by atoms with Crippen LogP contribution in [0.25, 0.3) is 0 Å². The van der Waals surface area contributed by atoms with Crippen LogP contribution in [0.4, 0.5) is 11.4 Å². The molecule has 0 aromatic heterocycles. The smallest absolute Gasteiger partial charge is 0.262 e. The summed E-state index contributed by atoms with van der Waals surface area (Å²) < 4.78 is 33.2. The quantitative estimate of drug-likeness (QED) is 0.809. The normalized spacial score (nSPS) is 10.9. The molecule has 2 rings (SSSR count). The summed E-state index contributed by atoms with van der Waals surface area (Å²) in [5.74, 6) is 0.0525. The number of nitrogens with one attached hydrogen (secondary N) is 2. The van der Waals surface area contributed by atoms with E-state index in [2.05, 4.69) is 26.0 Å². The molecule has 0 atom stereocenters. The molecule has 1 amide bonds. The van der Waals surface area contributed by atoms with Gasteiger partial charge in [0.05, 0.1) is 23.4 Å². The molecule has 0 spiro atoms. The molecule has 0 aliphatic heterocycles. The van der Waals surface area contributed by atoms with Crippen LogP contribution in [-0.4, -0.2) is 21.4 Å². The number of carbonyl (C=O) groups is 1. The van der Waals surface area contributed by atoms with E-state index in [9.17, 15) is 13.2 Å². The molecule has 0 fully saturated rings. The van der Waals surface area contributed by atoms with Crippen molar-refractivity contribution in [2.45, 2.75) is 11.8 Å².